The first-order valence-electron chi connectivity index (χ1n) is 4.79. The average molecular weight is 178 g/mol. The topological polar surface area (TPSA) is 27.1 Å². The van der Waals surface area contributed by atoms with Crippen molar-refractivity contribution in [2.45, 2.75) is 19.3 Å². The van der Waals surface area contributed by atoms with Gasteiger partial charge in [-0.2, -0.15) is 0 Å². The van der Waals surface area contributed by atoms with Crippen molar-refractivity contribution < 1.29 is 0 Å². The summed E-state index contributed by atoms with van der Waals surface area (Å²) in [6.07, 6.45) is 9.46. The van der Waals surface area contributed by atoms with Crippen LogP contribution in [-0.2, 0) is 0 Å². The molecule has 1 aliphatic rings. The molecule has 0 aromatic heterocycles. The van der Waals surface area contributed by atoms with E-state index in [-0.39, 0.29) is 0 Å². The Balaban J connectivity index is 2.39. The van der Waals surface area contributed by atoms with Crippen LogP contribution in [0.5, 0.6) is 0 Å². The first-order chi connectivity index (χ1) is 6.20. The van der Waals surface area contributed by atoms with Gasteiger partial charge >= 0.3 is 0 Å². The number of nitrogens with one attached hydrogen (secondary N) is 1. The lowest BCUT2D eigenvalue weighted by atomic mass is 10.0. The maximum atomic E-state index is 7.83. The zero-order valence-electron chi connectivity index (χ0n) is 8.51. The summed E-state index contributed by atoms with van der Waals surface area (Å²) in [5.41, 5.74) is 1.89. The first-order valence-corrected chi connectivity index (χ1v) is 4.79. The standard InChI is InChI=1S/C11H18N2/c1-13(2)9-8-11(12)10-6-4-3-5-7-10/h4,6-7,12H,3,5,8-9H2,1-2H3. The van der Waals surface area contributed by atoms with E-state index in [2.05, 4.69) is 23.1 Å². The Morgan fingerprint density at radius 1 is 1.46 bits per heavy atom. The number of hydrogen-bond donors (Lipinski definition) is 1. The largest absolute Gasteiger partial charge is 0.309 e. The van der Waals surface area contributed by atoms with Crippen LogP contribution in [0.15, 0.2) is 23.8 Å². The number of allylic oxidation sites excluding steroid dienone is 4. The summed E-state index contributed by atoms with van der Waals surface area (Å²) in [6.45, 7) is 0.962. The average Bonchev–Trinajstić information content (AvgIpc) is 2.15. The lowest BCUT2D eigenvalue weighted by Crippen LogP contribution is -2.17. The van der Waals surface area contributed by atoms with Gasteiger partial charge in [-0.3, -0.25) is 0 Å². The summed E-state index contributed by atoms with van der Waals surface area (Å²) < 4.78 is 0. The number of hydrogen-bond acceptors (Lipinski definition) is 2. The molecule has 0 radical (unpaired) electrons. The van der Waals surface area contributed by atoms with Crippen molar-refractivity contribution >= 4 is 5.71 Å². The molecule has 1 aliphatic carbocycles. The summed E-state index contributed by atoms with van der Waals surface area (Å²) in [7, 11) is 4.08. The highest BCUT2D eigenvalue weighted by Crippen LogP contribution is 2.12. The predicted octanol–water partition coefficient (Wildman–Crippen LogP) is 2.23. The Labute approximate surface area is 80.4 Å². The van der Waals surface area contributed by atoms with Gasteiger partial charge in [-0.1, -0.05) is 18.2 Å². The van der Waals surface area contributed by atoms with E-state index < -0.39 is 0 Å². The molecule has 0 aliphatic heterocycles. The SMILES string of the molecule is CN(C)CCC(=N)C1=CCCC=C1. The molecular formula is C11H18N2. The number of rotatable bonds is 4. The summed E-state index contributed by atoms with van der Waals surface area (Å²) in [4.78, 5) is 2.11. The van der Waals surface area contributed by atoms with Crippen LogP contribution in [0.2, 0.25) is 0 Å². The molecule has 2 heteroatoms. The molecular weight excluding hydrogens is 160 g/mol. The minimum atomic E-state index is 0.768. The molecule has 0 saturated carbocycles. The molecule has 0 fully saturated rings. The molecule has 0 saturated heterocycles. The maximum Gasteiger partial charge on any atom is 0.0395 e. The first kappa shape index (κ1) is 10.2. The van der Waals surface area contributed by atoms with E-state index in [4.69, 9.17) is 5.41 Å². The molecule has 0 atom stereocenters. The van der Waals surface area contributed by atoms with Gasteiger partial charge in [-0.05, 0) is 32.5 Å². The summed E-state index contributed by atoms with van der Waals surface area (Å²) in [5, 5.41) is 7.83. The Morgan fingerprint density at radius 2 is 2.23 bits per heavy atom. The fraction of sp³-hybridized carbons (Fsp3) is 0.545. The molecule has 2 nitrogen and oxygen atoms in total. The van der Waals surface area contributed by atoms with Crippen LogP contribution in [0.3, 0.4) is 0 Å². The molecule has 1 N–H and O–H groups in total. The van der Waals surface area contributed by atoms with Gasteiger partial charge in [0.1, 0.15) is 0 Å². The highest BCUT2D eigenvalue weighted by atomic mass is 15.0. The third kappa shape index (κ3) is 3.55. The van der Waals surface area contributed by atoms with E-state index >= 15 is 0 Å². The molecule has 0 aromatic rings. The van der Waals surface area contributed by atoms with Crippen LogP contribution in [0.4, 0.5) is 0 Å². The smallest absolute Gasteiger partial charge is 0.0395 e. The van der Waals surface area contributed by atoms with Gasteiger partial charge in [0.15, 0.2) is 0 Å². The van der Waals surface area contributed by atoms with Crippen molar-refractivity contribution in [1.82, 2.24) is 4.90 Å². The van der Waals surface area contributed by atoms with Gasteiger partial charge in [-0.25, -0.2) is 0 Å². The van der Waals surface area contributed by atoms with Gasteiger partial charge in [0.2, 0.25) is 0 Å². The van der Waals surface area contributed by atoms with Crippen molar-refractivity contribution in [2.24, 2.45) is 0 Å². The molecule has 0 amide bonds. The molecule has 1 rings (SSSR count). The van der Waals surface area contributed by atoms with Crippen LogP contribution in [0.1, 0.15) is 19.3 Å². The molecule has 0 aromatic carbocycles. The molecule has 0 unspecified atom stereocenters. The van der Waals surface area contributed by atoms with Gasteiger partial charge < -0.3 is 10.3 Å². The minimum Gasteiger partial charge on any atom is -0.309 e. The Morgan fingerprint density at radius 3 is 2.77 bits per heavy atom. The zero-order valence-corrected chi connectivity index (χ0v) is 8.51. The second-order valence-corrected chi connectivity index (χ2v) is 3.67. The second-order valence-electron chi connectivity index (χ2n) is 3.67. The molecule has 0 heterocycles. The van der Waals surface area contributed by atoms with E-state index in [1.54, 1.807) is 0 Å². The van der Waals surface area contributed by atoms with Crippen LogP contribution < -0.4 is 0 Å². The van der Waals surface area contributed by atoms with Gasteiger partial charge in [0.25, 0.3) is 0 Å². The molecule has 72 valence electrons. The quantitative estimate of drug-likeness (QED) is 0.657. The third-order valence-electron chi connectivity index (χ3n) is 2.15. The summed E-state index contributed by atoms with van der Waals surface area (Å²) in [5.74, 6) is 0. The number of nitrogens with zero attached hydrogens (tertiary/aromatic N) is 1. The van der Waals surface area contributed by atoms with Gasteiger partial charge in [0.05, 0.1) is 0 Å². The van der Waals surface area contributed by atoms with Crippen molar-refractivity contribution in [1.29, 1.82) is 5.41 Å². The van der Waals surface area contributed by atoms with E-state index in [1.165, 1.54) is 0 Å². The van der Waals surface area contributed by atoms with Gasteiger partial charge in [-0.15, -0.1) is 0 Å². The van der Waals surface area contributed by atoms with Crippen molar-refractivity contribution in [2.75, 3.05) is 20.6 Å². The van der Waals surface area contributed by atoms with Crippen LogP contribution in [0.25, 0.3) is 0 Å². The lowest BCUT2D eigenvalue weighted by Gasteiger charge is -2.12. The second kappa shape index (κ2) is 4.97. The minimum absolute atomic E-state index is 0.768. The summed E-state index contributed by atoms with van der Waals surface area (Å²) in [6, 6.07) is 0. The van der Waals surface area contributed by atoms with Crippen molar-refractivity contribution in [3.8, 4) is 0 Å². The van der Waals surface area contributed by atoms with E-state index in [9.17, 15) is 0 Å². The Hall–Kier alpha value is -0.890. The van der Waals surface area contributed by atoms with Crippen LogP contribution >= 0.6 is 0 Å². The van der Waals surface area contributed by atoms with E-state index in [0.29, 0.717) is 0 Å². The lowest BCUT2D eigenvalue weighted by molar-refractivity contribution is 0.421. The predicted molar refractivity (Wildman–Crippen MR) is 57.4 cm³/mol. The van der Waals surface area contributed by atoms with E-state index in [1.807, 2.05) is 14.1 Å². The third-order valence-corrected chi connectivity index (χ3v) is 2.15. The van der Waals surface area contributed by atoms with Crippen molar-refractivity contribution in [3.63, 3.8) is 0 Å². The zero-order chi connectivity index (χ0) is 9.68. The summed E-state index contributed by atoms with van der Waals surface area (Å²) >= 11 is 0. The van der Waals surface area contributed by atoms with Gasteiger partial charge in [0, 0.05) is 18.7 Å². The Bertz CT molecular complexity index is 236. The monoisotopic (exact) mass is 178 g/mol. The fourth-order valence-corrected chi connectivity index (χ4v) is 1.32. The Kier molecular flexibility index (Phi) is 3.90. The highest BCUT2D eigenvalue weighted by Gasteiger charge is 2.04. The fourth-order valence-electron chi connectivity index (χ4n) is 1.32. The van der Waals surface area contributed by atoms with Crippen molar-refractivity contribution in [3.05, 3.63) is 23.8 Å². The maximum absolute atomic E-state index is 7.83. The van der Waals surface area contributed by atoms with E-state index in [0.717, 1.165) is 37.1 Å². The molecule has 0 spiro atoms. The van der Waals surface area contributed by atoms with Crippen LogP contribution in [0, 0.1) is 5.41 Å². The molecule has 13 heavy (non-hydrogen) atoms. The normalized spacial score (nSPS) is 16.1. The van der Waals surface area contributed by atoms with Crippen LogP contribution in [-0.4, -0.2) is 31.3 Å². The molecule has 0 bridgehead atoms. The highest BCUT2D eigenvalue weighted by molar-refractivity contribution is 6.00.